The molecule has 0 amide bonds. The minimum atomic E-state index is 0.00458. The molecule has 0 fully saturated rings. The number of hydrogen-bond donors (Lipinski definition) is 0. The van der Waals surface area contributed by atoms with Gasteiger partial charge in [-0.05, 0) is 105 Å². The molecular weight excluding hydrogens is 733 g/mol. The minimum absolute atomic E-state index is 0.00458. The van der Waals surface area contributed by atoms with Crippen molar-refractivity contribution in [3.05, 3.63) is 157 Å². The van der Waals surface area contributed by atoms with Gasteiger partial charge < -0.3 is 8.80 Å². The Morgan fingerprint density at radius 3 is 1.63 bits per heavy atom. The van der Waals surface area contributed by atoms with Gasteiger partial charge in [0.25, 0.3) is 0 Å². The first-order chi connectivity index (χ1) is 28.5. The van der Waals surface area contributed by atoms with Crippen LogP contribution in [0.1, 0.15) is 52.7 Å². The van der Waals surface area contributed by atoms with Crippen molar-refractivity contribution in [1.82, 2.24) is 8.80 Å². The van der Waals surface area contributed by atoms with Gasteiger partial charge in [-0.15, -0.1) is 11.3 Å². The molecule has 0 saturated heterocycles. The summed E-state index contributed by atoms with van der Waals surface area (Å²) >= 11 is 1.92. The van der Waals surface area contributed by atoms with E-state index in [1.54, 1.807) is 0 Å². The number of rotatable bonds is 2. The number of hydrogen-bond acceptors (Lipinski definition) is 1. The van der Waals surface area contributed by atoms with Crippen LogP contribution in [0.4, 0.5) is 0 Å². The molecule has 0 N–H and O–H groups in total. The Kier molecular flexibility index (Phi) is 6.36. The quantitative estimate of drug-likeness (QED) is 0.165. The lowest BCUT2D eigenvalue weighted by Gasteiger charge is -2.20. The lowest BCUT2D eigenvalue weighted by atomic mass is 9.84. The van der Waals surface area contributed by atoms with Crippen LogP contribution >= 0.6 is 11.3 Å². The van der Waals surface area contributed by atoms with E-state index in [0.29, 0.717) is 0 Å². The van der Waals surface area contributed by atoms with Crippen molar-refractivity contribution in [3.8, 4) is 22.3 Å². The van der Waals surface area contributed by atoms with E-state index in [-0.39, 0.29) is 10.8 Å². The molecule has 5 aromatic heterocycles. The molecule has 0 saturated carbocycles. The Morgan fingerprint density at radius 1 is 0.356 bits per heavy atom. The maximum atomic E-state index is 2.60. The van der Waals surface area contributed by atoms with Crippen LogP contribution in [0.15, 0.2) is 146 Å². The molecule has 3 heteroatoms. The van der Waals surface area contributed by atoms with Crippen molar-refractivity contribution in [2.45, 2.75) is 52.4 Å². The summed E-state index contributed by atoms with van der Waals surface area (Å²) < 4.78 is 7.85. The molecule has 0 spiro atoms. The smallest absolute Gasteiger partial charge is 0.0627 e. The zero-order valence-corrected chi connectivity index (χ0v) is 35.0. The summed E-state index contributed by atoms with van der Waals surface area (Å²) in [7, 11) is 0. The second-order valence-corrected chi connectivity index (χ2v) is 20.1. The minimum Gasteiger partial charge on any atom is -0.308 e. The molecule has 0 aliphatic rings. The maximum Gasteiger partial charge on any atom is 0.0627 e. The molecule has 59 heavy (non-hydrogen) atoms. The van der Waals surface area contributed by atoms with Crippen LogP contribution in [0.2, 0.25) is 0 Å². The molecule has 0 atom stereocenters. The first-order valence-corrected chi connectivity index (χ1v) is 21.7. The fraction of sp³-hybridized carbons (Fsp3) is 0.143. The summed E-state index contributed by atoms with van der Waals surface area (Å²) in [6.07, 6.45) is 0. The van der Waals surface area contributed by atoms with Gasteiger partial charge in [-0.2, -0.15) is 0 Å². The molecule has 2 nitrogen and oxygen atoms in total. The summed E-state index contributed by atoms with van der Waals surface area (Å²) in [6, 6.07) is 55.6. The predicted molar refractivity (Wildman–Crippen MR) is 257 cm³/mol. The molecule has 0 unspecified atom stereocenters. The molecule has 13 aromatic rings. The largest absolute Gasteiger partial charge is 0.308 e. The third-order valence-electron chi connectivity index (χ3n) is 13.5. The zero-order valence-electron chi connectivity index (χ0n) is 34.2. The van der Waals surface area contributed by atoms with Crippen LogP contribution in [0, 0.1) is 0 Å². The van der Waals surface area contributed by atoms with E-state index in [4.69, 9.17) is 0 Å². The van der Waals surface area contributed by atoms with E-state index in [1.807, 2.05) is 11.3 Å². The van der Waals surface area contributed by atoms with E-state index in [9.17, 15) is 0 Å². The molecule has 0 aliphatic carbocycles. The normalized spacial score (nSPS) is 13.3. The van der Waals surface area contributed by atoms with Gasteiger partial charge in [-0.3, -0.25) is 0 Å². The molecule has 0 aliphatic heterocycles. The third-order valence-corrected chi connectivity index (χ3v) is 14.6. The fourth-order valence-corrected chi connectivity index (χ4v) is 11.7. The van der Waals surface area contributed by atoms with Crippen molar-refractivity contribution < 1.29 is 0 Å². The highest BCUT2D eigenvalue weighted by Crippen LogP contribution is 2.51. The molecule has 0 bridgehead atoms. The van der Waals surface area contributed by atoms with E-state index < -0.39 is 0 Å². The highest BCUT2D eigenvalue weighted by molar-refractivity contribution is 7.26. The fourth-order valence-electron chi connectivity index (χ4n) is 10.5. The van der Waals surface area contributed by atoms with Gasteiger partial charge in [0.2, 0.25) is 0 Å². The highest BCUT2D eigenvalue weighted by atomic mass is 32.1. The van der Waals surface area contributed by atoms with Gasteiger partial charge in [0.05, 0.1) is 33.1 Å². The van der Waals surface area contributed by atoms with Gasteiger partial charge in [-0.25, -0.2) is 0 Å². The predicted octanol–water partition coefficient (Wildman–Crippen LogP) is 16.3. The lowest BCUT2D eigenvalue weighted by Crippen LogP contribution is -2.11. The summed E-state index contributed by atoms with van der Waals surface area (Å²) in [6.45, 7) is 14.0. The Balaban J connectivity index is 1.19. The van der Waals surface area contributed by atoms with E-state index >= 15 is 0 Å². The molecule has 13 rings (SSSR count). The van der Waals surface area contributed by atoms with Crippen LogP contribution in [-0.2, 0) is 10.8 Å². The Labute approximate surface area is 346 Å². The van der Waals surface area contributed by atoms with E-state index in [2.05, 4.69) is 196 Å². The number of thiophene rings is 1. The molecule has 0 radical (unpaired) electrons. The number of aromatic nitrogens is 2. The third kappa shape index (κ3) is 4.41. The van der Waals surface area contributed by atoms with Gasteiger partial charge in [0.15, 0.2) is 0 Å². The average molecular weight is 775 g/mol. The monoisotopic (exact) mass is 774 g/mol. The summed E-state index contributed by atoms with van der Waals surface area (Å²) in [5.74, 6) is 0. The molecule has 282 valence electrons. The Morgan fingerprint density at radius 2 is 0.915 bits per heavy atom. The summed E-state index contributed by atoms with van der Waals surface area (Å²) in [5, 5.41) is 13.4. The average Bonchev–Trinajstić information content (AvgIpc) is 4.02. The standard InChI is InChI=1S/C56H42N2S/c1-55(2,3)33-21-23-45-38(25-33)41-26-34(56(4,5)6)27-42-39-28-48-40(29-47(39)57(45)53(41)42)43-30-50-51(37-18-12-13-19-49(37)59-50)52-44-24-32(20-22-46(44)58(48)54(43)52)36-17-11-10-16-35(36)31-14-8-7-9-15-31/h7-30H,1-6H3. The number of nitrogens with zero attached hydrogens (tertiary/aromatic N) is 2. The van der Waals surface area contributed by atoms with Gasteiger partial charge >= 0.3 is 0 Å². The first-order valence-electron chi connectivity index (χ1n) is 20.9. The van der Waals surface area contributed by atoms with Crippen LogP contribution in [0.5, 0.6) is 0 Å². The number of fused-ring (bicyclic) bond motifs is 16. The van der Waals surface area contributed by atoms with Gasteiger partial charge in [0, 0.05) is 63.3 Å². The SMILES string of the molecule is CC(C)(C)c1ccc2c(c1)c1cc(C(C)(C)C)cc3c4cc5c(cc4n2c13)c1cc2sc3ccccc3c2c2c3cc(-c4ccccc4-c4ccccc4)ccc3n5c12. The van der Waals surface area contributed by atoms with Crippen molar-refractivity contribution in [2.24, 2.45) is 0 Å². The maximum absolute atomic E-state index is 2.60. The summed E-state index contributed by atoms with van der Waals surface area (Å²) in [5.41, 5.74) is 15.6. The zero-order chi connectivity index (χ0) is 39.7. The van der Waals surface area contributed by atoms with Crippen LogP contribution in [0.3, 0.4) is 0 Å². The first kappa shape index (κ1) is 33.5. The van der Waals surface area contributed by atoms with Crippen LogP contribution in [0.25, 0.3) is 119 Å². The molecule has 5 heterocycles. The lowest BCUT2D eigenvalue weighted by molar-refractivity contribution is 0.590. The second kappa shape index (κ2) is 11.2. The molecular formula is C56H42N2S. The molecule has 8 aromatic carbocycles. The Bertz CT molecular complexity index is 3900. The number of benzene rings is 8. The van der Waals surface area contributed by atoms with E-state index in [0.717, 1.165) is 0 Å². The van der Waals surface area contributed by atoms with Crippen LogP contribution < -0.4 is 0 Å². The van der Waals surface area contributed by atoms with Gasteiger partial charge in [-0.1, -0.05) is 126 Å². The second-order valence-electron chi connectivity index (χ2n) is 19.0. The van der Waals surface area contributed by atoms with Crippen LogP contribution in [-0.4, -0.2) is 8.80 Å². The van der Waals surface area contributed by atoms with Crippen molar-refractivity contribution in [1.29, 1.82) is 0 Å². The Hall–Kier alpha value is -6.42. The van der Waals surface area contributed by atoms with Crippen molar-refractivity contribution in [2.75, 3.05) is 0 Å². The van der Waals surface area contributed by atoms with Crippen molar-refractivity contribution >= 4 is 108 Å². The topological polar surface area (TPSA) is 8.82 Å². The summed E-state index contributed by atoms with van der Waals surface area (Å²) in [4.78, 5) is 0. The van der Waals surface area contributed by atoms with E-state index in [1.165, 1.54) is 130 Å². The highest BCUT2D eigenvalue weighted by Gasteiger charge is 2.27. The van der Waals surface area contributed by atoms with Crippen molar-refractivity contribution in [3.63, 3.8) is 0 Å². The van der Waals surface area contributed by atoms with Gasteiger partial charge in [0.1, 0.15) is 0 Å².